The molecule has 0 aromatic heterocycles. The van der Waals surface area contributed by atoms with Crippen molar-refractivity contribution in [3.8, 4) is 0 Å². The van der Waals surface area contributed by atoms with Crippen molar-refractivity contribution in [2.24, 2.45) is 5.92 Å². The van der Waals surface area contributed by atoms with E-state index in [1.54, 1.807) is 5.56 Å². The zero-order valence-electron chi connectivity index (χ0n) is 11.0. The molecule has 1 heteroatoms. The molecule has 1 saturated carbocycles. The standard InChI is InChI=1S/C12H17.C5H5.Zr/c1-2-6-11(7-3-1)10-12-8-4-5-9-12;1-2-4-5-3-1;/h4-5,8-9,11H,1-3,6-7,10H2;1-5H;/q2*-1;+2. The van der Waals surface area contributed by atoms with Crippen molar-refractivity contribution in [1.82, 2.24) is 0 Å². The van der Waals surface area contributed by atoms with Crippen LogP contribution in [0.5, 0.6) is 0 Å². The smallest absolute Gasteiger partial charge is 0.214 e. The van der Waals surface area contributed by atoms with Crippen LogP contribution in [0, 0.1) is 5.92 Å². The minimum Gasteiger partial charge on any atom is -0.214 e. The molecule has 0 saturated heterocycles. The van der Waals surface area contributed by atoms with Gasteiger partial charge in [-0.1, -0.05) is 38.5 Å². The van der Waals surface area contributed by atoms with Gasteiger partial charge in [-0.15, -0.1) is 0 Å². The van der Waals surface area contributed by atoms with Crippen LogP contribution in [0.1, 0.15) is 37.7 Å². The van der Waals surface area contributed by atoms with Gasteiger partial charge in [-0.3, -0.25) is 0 Å². The van der Waals surface area contributed by atoms with Crippen molar-refractivity contribution in [1.29, 1.82) is 0 Å². The summed E-state index contributed by atoms with van der Waals surface area (Å²) in [6.07, 6.45) is 8.65. The van der Waals surface area contributed by atoms with Crippen LogP contribution in [0.25, 0.3) is 0 Å². The minimum absolute atomic E-state index is 0. The predicted molar refractivity (Wildman–Crippen MR) is 74.3 cm³/mol. The Balaban J connectivity index is 0.000000230. The second kappa shape index (κ2) is 9.51. The van der Waals surface area contributed by atoms with Crippen LogP contribution in [-0.4, -0.2) is 0 Å². The van der Waals surface area contributed by atoms with Gasteiger partial charge in [0.2, 0.25) is 0 Å². The van der Waals surface area contributed by atoms with E-state index in [0.29, 0.717) is 0 Å². The molecule has 18 heavy (non-hydrogen) atoms. The average Bonchev–Trinajstić information content (AvgIpc) is 3.06. The van der Waals surface area contributed by atoms with E-state index < -0.39 is 0 Å². The summed E-state index contributed by atoms with van der Waals surface area (Å²) < 4.78 is 0. The van der Waals surface area contributed by atoms with Gasteiger partial charge in [-0.2, -0.15) is 35.9 Å². The zero-order chi connectivity index (χ0) is 11.8. The molecule has 2 aromatic carbocycles. The van der Waals surface area contributed by atoms with Crippen molar-refractivity contribution in [3.05, 3.63) is 60.2 Å². The SMILES string of the molecule is [Zr+2].c1cc[c-](CC2CCCCC2)c1.c1cc[cH-]c1. The van der Waals surface area contributed by atoms with Crippen molar-refractivity contribution in [2.75, 3.05) is 0 Å². The molecule has 0 heterocycles. The number of rotatable bonds is 2. The Morgan fingerprint density at radius 3 is 2.00 bits per heavy atom. The van der Waals surface area contributed by atoms with Gasteiger partial charge in [0, 0.05) is 0 Å². The molecule has 2 aromatic rings. The maximum Gasteiger partial charge on any atom is 2.00 e. The first-order valence-electron chi connectivity index (χ1n) is 6.82. The summed E-state index contributed by atoms with van der Waals surface area (Å²) in [6.45, 7) is 0. The normalized spacial score (nSPS) is 15.3. The van der Waals surface area contributed by atoms with Gasteiger partial charge < -0.3 is 0 Å². The van der Waals surface area contributed by atoms with Gasteiger partial charge in [0.1, 0.15) is 0 Å². The zero-order valence-corrected chi connectivity index (χ0v) is 13.5. The first-order chi connectivity index (χ1) is 8.45. The summed E-state index contributed by atoms with van der Waals surface area (Å²) >= 11 is 0. The van der Waals surface area contributed by atoms with Gasteiger partial charge in [0.25, 0.3) is 0 Å². The van der Waals surface area contributed by atoms with Crippen LogP contribution in [0.15, 0.2) is 54.6 Å². The molecule has 0 atom stereocenters. The summed E-state index contributed by atoms with van der Waals surface area (Å²) in [5, 5.41) is 0. The second-order valence-electron chi connectivity index (χ2n) is 4.96. The Hall–Kier alpha value is -0.417. The van der Waals surface area contributed by atoms with Gasteiger partial charge in [-0.05, 0) is 5.92 Å². The fraction of sp³-hybridized carbons (Fsp3) is 0.412. The second-order valence-corrected chi connectivity index (χ2v) is 4.96. The number of hydrogen-bond donors (Lipinski definition) is 0. The largest absolute Gasteiger partial charge is 2.00 e. The van der Waals surface area contributed by atoms with Crippen molar-refractivity contribution in [2.45, 2.75) is 38.5 Å². The third-order valence-electron chi connectivity index (χ3n) is 3.54. The van der Waals surface area contributed by atoms with E-state index in [2.05, 4.69) is 24.3 Å². The molecule has 0 aliphatic heterocycles. The van der Waals surface area contributed by atoms with E-state index in [-0.39, 0.29) is 26.2 Å². The van der Waals surface area contributed by atoms with Crippen LogP contribution >= 0.6 is 0 Å². The Labute approximate surface area is 130 Å². The Bertz CT molecular complexity index is 335. The quantitative estimate of drug-likeness (QED) is 0.689. The van der Waals surface area contributed by atoms with E-state index >= 15 is 0 Å². The van der Waals surface area contributed by atoms with Crippen molar-refractivity contribution >= 4 is 0 Å². The predicted octanol–water partition coefficient (Wildman–Crippen LogP) is 4.93. The van der Waals surface area contributed by atoms with Crippen LogP contribution < -0.4 is 0 Å². The van der Waals surface area contributed by atoms with E-state index in [1.165, 1.54) is 38.5 Å². The topological polar surface area (TPSA) is 0 Å². The third-order valence-corrected chi connectivity index (χ3v) is 3.54. The Morgan fingerprint density at radius 2 is 1.50 bits per heavy atom. The van der Waals surface area contributed by atoms with Gasteiger partial charge in [-0.25, -0.2) is 24.3 Å². The Kier molecular flexibility index (Phi) is 8.26. The molecule has 3 rings (SSSR count). The molecular formula is C17H22Zr. The summed E-state index contributed by atoms with van der Waals surface area (Å²) in [4.78, 5) is 0. The molecule has 0 spiro atoms. The summed E-state index contributed by atoms with van der Waals surface area (Å²) in [6, 6.07) is 18.8. The van der Waals surface area contributed by atoms with E-state index in [0.717, 1.165) is 5.92 Å². The van der Waals surface area contributed by atoms with Gasteiger partial charge >= 0.3 is 26.2 Å². The molecule has 0 bridgehead atoms. The fourth-order valence-electron chi connectivity index (χ4n) is 2.60. The van der Waals surface area contributed by atoms with Gasteiger partial charge in [0.05, 0.1) is 0 Å². The molecule has 0 N–H and O–H groups in total. The van der Waals surface area contributed by atoms with Gasteiger partial charge in [0.15, 0.2) is 0 Å². The van der Waals surface area contributed by atoms with E-state index in [4.69, 9.17) is 0 Å². The molecular weight excluding hydrogens is 295 g/mol. The first kappa shape index (κ1) is 15.6. The molecule has 0 unspecified atom stereocenters. The molecule has 1 aliphatic rings. The van der Waals surface area contributed by atoms with Crippen LogP contribution in [0.3, 0.4) is 0 Å². The molecule has 94 valence electrons. The Morgan fingerprint density at radius 1 is 0.889 bits per heavy atom. The summed E-state index contributed by atoms with van der Waals surface area (Å²) in [5.74, 6) is 0.987. The van der Waals surface area contributed by atoms with Crippen molar-refractivity contribution < 1.29 is 26.2 Å². The maximum absolute atomic E-state index is 2.26. The van der Waals surface area contributed by atoms with Crippen LogP contribution in [-0.2, 0) is 32.6 Å². The molecule has 0 amide bonds. The van der Waals surface area contributed by atoms with E-state index in [1.807, 2.05) is 30.3 Å². The molecule has 0 nitrogen and oxygen atoms in total. The maximum atomic E-state index is 2.26. The summed E-state index contributed by atoms with van der Waals surface area (Å²) in [5.41, 5.74) is 1.54. The van der Waals surface area contributed by atoms with Crippen molar-refractivity contribution in [3.63, 3.8) is 0 Å². The minimum atomic E-state index is 0. The molecule has 1 fully saturated rings. The first-order valence-corrected chi connectivity index (χ1v) is 6.82. The fourth-order valence-corrected chi connectivity index (χ4v) is 2.60. The van der Waals surface area contributed by atoms with Crippen LogP contribution in [0.2, 0.25) is 0 Å². The molecule has 0 radical (unpaired) electrons. The average molecular weight is 318 g/mol. The summed E-state index contributed by atoms with van der Waals surface area (Å²) in [7, 11) is 0. The van der Waals surface area contributed by atoms with Crippen LogP contribution in [0.4, 0.5) is 0 Å². The third kappa shape index (κ3) is 5.96. The van der Waals surface area contributed by atoms with E-state index in [9.17, 15) is 0 Å². The number of hydrogen-bond acceptors (Lipinski definition) is 0. The molecule has 1 aliphatic carbocycles. The monoisotopic (exact) mass is 316 g/mol.